The number of benzene rings is 2. The highest BCUT2D eigenvalue weighted by atomic mass is 16.5. The molecule has 2 aromatic rings. The smallest absolute Gasteiger partial charge is 0.210 e. The molecule has 0 spiro atoms. The summed E-state index contributed by atoms with van der Waals surface area (Å²) in [4.78, 5) is 4.35. The summed E-state index contributed by atoms with van der Waals surface area (Å²) in [6.07, 6.45) is 0. The molecule has 0 unspecified atom stereocenters. The van der Waals surface area contributed by atoms with Gasteiger partial charge in [0.15, 0.2) is 5.75 Å². The van der Waals surface area contributed by atoms with Gasteiger partial charge in [-0.05, 0) is 38.1 Å². The van der Waals surface area contributed by atoms with E-state index in [0.717, 1.165) is 11.4 Å². The summed E-state index contributed by atoms with van der Waals surface area (Å²) >= 11 is 0. The molecule has 0 aromatic heterocycles. The number of hydrazine groups is 1. The summed E-state index contributed by atoms with van der Waals surface area (Å²) in [6.45, 7) is 3.96. The van der Waals surface area contributed by atoms with Crippen molar-refractivity contribution < 1.29 is 4.74 Å². The first-order valence-corrected chi connectivity index (χ1v) is 6.82. The van der Waals surface area contributed by atoms with Gasteiger partial charge in [0, 0.05) is 6.04 Å². The van der Waals surface area contributed by atoms with E-state index < -0.39 is 0 Å². The molecule has 2 aromatic carbocycles. The van der Waals surface area contributed by atoms with Crippen LogP contribution in [0.1, 0.15) is 13.8 Å². The van der Waals surface area contributed by atoms with Crippen molar-refractivity contribution in [3.8, 4) is 11.5 Å². The molecule has 0 aliphatic carbocycles. The van der Waals surface area contributed by atoms with Gasteiger partial charge in [0.1, 0.15) is 5.75 Å². The van der Waals surface area contributed by atoms with Crippen LogP contribution in [0.4, 0.5) is 5.69 Å². The Hall–Kier alpha value is -2.53. The monoisotopic (exact) mass is 284 g/mol. The van der Waals surface area contributed by atoms with Crippen molar-refractivity contribution in [2.45, 2.75) is 19.9 Å². The van der Waals surface area contributed by atoms with E-state index in [9.17, 15) is 0 Å². The van der Waals surface area contributed by atoms with Gasteiger partial charge in [0.2, 0.25) is 5.96 Å². The van der Waals surface area contributed by atoms with Crippen LogP contribution in [0, 0.1) is 0 Å². The lowest BCUT2D eigenvalue weighted by atomic mass is 10.3. The van der Waals surface area contributed by atoms with E-state index >= 15 is 0 Å². The van der Waals surface area contributed by atoms with Crippen molar-refractivity contribution in [3.05, 3.63) is 54.6 Å². The number of aliphatic imine (C=N–C) groups is 1. The van der Waals surface area contributed by atoms with Crippen LogP contribution in [0.5, 0.6) is 11.5 Å². The Morgan fingerprint density at radius 2 is 1.71 bits per heavy atom. The molecule has 0 bridgehead atoms. The normalized spacial score (nSPS) is 11.3. The van der Waals surface area contributed by atoms with Crippen molar-refractivity contribution in [1.82, 2.24) is 5.43 Å². The molecule has 0 fully saturated rings. The third-order valence-electron chi connectivity index (χ3n) is 2.64. The van der Waals surface area contributed by atoms with E-state index in [0.29, 0.717) is 11.7 Å². The summed E-state index contributed by atoms with van der Waals surface area (Å²) < 4.78 is 5.87. The van der Waals surface area contributed by atoms with Crippen molar-refractivity contribution in [1.29, 1.82) is 0 Å². The fraction of sp³-hybridized carbons (Fsp3) is 0.188. The van der Waals surface area contributed by atoms with Gasteiger partial charge in [0.25, 0.3) is 0 Å². The highest BCUT2D eigenvalue weighted by molar-refractivity contribution is 5.94. The predicted molar refractivity (Wildman–Crippen MR) is 86.5 cm³/mol. The number of nitrogens with zero attached hydrogens (tertiary/aromatic N) is 1. The van der Waals surface area contributed by atoms with E-state index in [1.807, 2.05) is 68.4 Å². The number of nitrogens with one attached hydrogen (secondary N) is 2. The fourth-order valence-electron chi connectivity index (χ4n) is 1.77. The minimum Gasteiger partial charge on any atom is -0.455 e. The summed E-state index contributed by atoms with van der Waals surface area (Å²) in [5, 5.41) is 3.14. The van der Waals surface area contributed by atoms with E-state index in [-0.39, 0.29) is 6.04 Å². The topological polar surface area (TPSA) is 71.7 Å². The van der Waals surface area contributed by atoms with Gasteiger partial charge in [0.05, 0.1) is 5.69 Å². The van der Waals surface area contributed by atoms with Crippen molar-refractivity contribution in [3.63, 3.8) is 0 Å². The molecule has 2 rings (SSSR count). The molecule has 5 nitrogen and oxygen atoms in total. The molecule has 4 N–H and O–H groups in total. The fourth-order valence-corrected chi connectivity index (χ4v) is 1.77. The Kier molecular flexibility index (Phi) is 5.17. The standard InChI is InChI=1S/C16H20N4O/c1-12(2)18-16(20-17)19-14-10-6-7-11-15(14)21-13-8-4-3-5-9-13/h3-12H,17H2,1-2H3,(H2,18,19,20). The zero-order valence-electron chi connectivity index (χ0n) is 12.2. The molecule has 0 aliphatic rings. The van der Waals surface area contributed by atoms with E-state index in [1.54, 1.807) is 0 Å². The molecular weight excluding hydrogens is 264 g/mol. The van der Waals surface area contributed by atoms with Gasteiger partial charge in [-0.25, -0.2) is 10.8 Å². The molecule has 0 radical (unpaired) electrons. The maximum atomic E-state index is 5.87. The second-order valence-electron chi connectivity index (χ2n) is 4.75. The molecular formula is C16H20N4O. The predicted octanol–water partition coefficient (Wildman–Crippen LogP) is 3.12. The second-order valence-corrected chi connectivity index (χ2v) is 4.75. The van der Waals surface area contributed by atoms with Crippen LogP contribution in [-0.4, -0.2) is 12.0 Å². The maximum absolute atomic E-state index is 5.87. The van der Waals surface area contributed by atoms with Crippen LogP contribution in [0.2, 0.25) is 0 Å². The molecule has 0 heterocycles. The zero-order valence-corrected chi connectivity index (χ0v) is 12.2. The van der Waals surface area contributed by atoms with E-state index in [1.165, 1.54) is 0 Å². The molecule has 110 valence electrons. The van der Waals surface area contributed by atoms with Crippen LogP contribution in [0.3, 0.4) is 0 Å². The van der Waals surface area contributed by atoms with Gasteiger partial charge < -0.3 is 10.1 Å². The lowest BCUT2D eigenvalue weighted by molar-refractivity contribution is 0.485. The third-order valence-corrected chi connectivity index (χ3v) is 2.64. The van der Waals surface area contributed by atoms with Gasteiger partial charge in [-0.3, -0.25) is 5.43 Å². The van der Waals surface area contributed by atoms with Crippen LogP contribution in [0.25, 0.3) is 0 Å². The van der Waals surface area contributed by atoms with Crippen LogP contribution >= 0.6 is 0 Å². The van der Waals surface area contributed by atoms with E-state index in [2.05, 4.69) is 15.7 Å². The van der Waals surface area contributed by atoms with Crippen LogP contribution in [0.15, 0.2) is 59.6 Å². The number of guanidine groups is 1. The van der Waals surface area contributed by atoms with Crippen LogP contribution in [-0.2, 0) is 0 Å². The Balaban J connectivity index is 2.21. The molecule has 0 saturated carbocycles. The number of hydrogen-bond acceptors (Lipinski definition) is 3. The Morgan fingerprint density at radius 1 is 1.05 bits per heavy atom. The second kappa shape index (κ2) is 7.31. The molecule has 0 saturated heterocycles. The highest BCUT2D eigenvalue weighted by Crippen LogP contribution is 2.28. The van der Waals surface area contributed by atoms with Gasteiger partial charge >= 0.3 is 0 Å². The van der Waals surface area contributed by atoms with Crippen molar-refractivity contribution >= 4 is 11.6 Å². The maximum Gasteiger partial charge on any atom is 0.210 e. The number of ether oxygens (including phenoxy) is 1. The largest absolute Gasteiger partial charge is 0.455 e. The Bertz CT molecular complexity index is 596. The minimum absolute atomic E-state index is 0.130. The quantitative estimate of drug-likeness (QED) is 0.349. The minimum atomic E-state index is 0.130. The Morgan fingerprint density at radius 3 is 2.38 bits per heavy atom. The number of nitrogens with two attached hydrogens (primary N) is 1. The van der Waals surface area contributed by atoms with Crippen molar-refractivity contribution in [2.75, 3.05) is 5.32 Å². The summed E-state index contributed by atoms with van der Waals surface area (Å²) in [7, 11) is 0. The summed E-state index contributed by atoms with van der Waals surface area (Å²) in [6, 6.07) is 17.4. The van der Waals surface area contributed by atoms with E-state index in [4.69, 9.17) is 10.6 Å². The zero-order chi connectivity index (χ0) is 15.1. The average molecular weight is 284 g/mol. The number of rotatable bonds is 4. The summed E-state index contributed by atoms with van der Waals surface area (Å²) in [5.74, 6) is 7.46. The lowest BCUT2D eigenvalue weighted by Crippen LogP contribution is -2.37. The molecule has 21 heavy (non-hydrogen) atoms. The first-order valence-electron chi connectivity index (χ1n) is 6.82. The average Bonchev–Trinajstić information content (AvgIpc) is 2.49. The van der Waals surface area contributed by atoms with Gasteiger partial charge in [-0.2, -0.15) is 0 Å². The summed E-state index contributed by atoms with van der Waals surface area (Å²) in [5.41, 5.74) is 3.35. The molecule has 5 heteroatoms. The number of anilines is 1. The SMILES string of the molecule is CC(C)N=C(NN)Nc1ccccc1Oc1ccccc1. The number of para-hydroxylation sites is 3. The van der Waals surface area contributed by atoms with Crippen LogP contribution < -0.4 is 21.3 Å². The van der Waals surface area contributed by atoms with Gasteiger partial charge in [-0.15, -0.1) is 0 Å². The molecule has 0 aliphatic heterocycles. The van der Waals surface area contributed by atoms with Gasteiger partial charge in [-0.1, -0.05) is 30.3 Å². The number of hydrogen-bond donors (Lipinski definition) is 3. The first kappa shape index (κ1) is 14.9. The van der Waals surface area contributed by atoms with Crippen molar-refractivity contribution in [2.24, 2.45) is 10.8 Å². The third kappa shape index (κ3) is 4.50. The highest BCUT2D eigenvalue weighted by Gasteiger charge is 2.06. The Labute approximate surface area is 124 Å². The lowest BCUT2D eigenvalue weighted by Gasteiger charge is -2.14. The molecule has 0 atom stereocenters. The first-order chi connectivity index (χ1) is 10.2. The molecule has 0 amide bonds.